The largest absolute Gasteiger partial charge is 0.459 e. The Bertz CT molecular complexity index is 917. The van der Waals surface area contributed by atoms with E-state index in [0.29, 0.717) is 30.4 Å². The van der Waals surface area contributed by atoms with E-state index in [9.17, 15) is 4.79 Å². The maximum atomic E-state index is 12.9. The molecule has 0 aliphatic carbocycles. The molecule has 1 fully saturated rings. The van der Waals surface area contributed by atoms with E-state index in [0.717, 1.165) is 11.0 Å². The molecule has 4 rings (SSSR count). The maximum Gasteiger partial charge on any atom is 0.318 e. The topological polar surface area (TPSA) is 93.6 Å². The summed E-state index contributed by atoms with van der Waals surface area (Å²) in [6, 6.07) is 8.90. The molecule has 3 heterocycles. The first kappa shape index (κ1) is 17.5. The van der Waals surface area contributed by atoms with Gasteiger partial charge in [-0.1, -0.05) is 23.4 Å². The van der Waals surface area contributed by atoms with Gasteiger partial charge >= 0.3 is 6.03 Å². The Morgan fingerprint density at radius 3 is 2.93 bits per heavy atom. The molecule has 8 heteroatoms. The molecule has 1 aliphatic heterocycles. The summed E-state index contributed by atoms with van der Waals surface area (Å²) in [5.74, 6) is 1.68. The molecule has 1 aliphatic rings. The number of para-hydroxylation sites is 1. The van der Waals surface area contributed by atoms with Gasteiger partial charge in [0.2, 0.25) is 5.89 Å². The lowest BCUT2D eigenvalue weighted by Crippen LogP contribution is -2.41. The van der Waals surface area contributed by atoms with Crippen LogP contribution in [0.15, 0.2) is 39.3 Å². The monoisotopic (exact) mass is 370 g/mol. The Morgan fingerprint density at radius 1 is 1.41 bits per heavy atom. The van der Waals surface area contributed by atoms with Crippen LogP contribution in [0.3, 0.4) is 0 Å². The van der Waals surface area contributed by atoms with Crippen molar-refractivity contribution < 1.29 is 18.5 Å². The Morgan fingerprint density at radius 2 is 2.22 bits per heavy atom. The van der Waals surface area contributed by atoms with Gasteiger partial charge in [-0.2, -0.15) is 4.98 Å². The Kier molecular flexibility index (Phi) is 4.57. The highest BCUT2D eigenvalue weighted by molar-refractivity contribution is 5.79. The summed E-state index contributed by atoms with van der Waals surface area (Å²) in [4.78, 5) is 18.9. The van der Waals surface area contributed by atoms with E-state index in [-0.39, 0.29) is 24.2 Å². The number of furan rings is 1. The highest BCUT2D eigenvalue weighted by atomic mass is 16.5. The van der Waals surface area contributed by atoms with E-state index in [1.807, 2.05) is 37.3 Å². The molecule has 1 N–H and O–H groups in total. The number of carbonyl (C=O) groups excluding carboxylic acids is 1. The fraction of sp³-hybridized carbons (Fsp3) is 0.421. The normalized spacial score (nSPS) is 20.9. The summed E-state index contributed by atoms with van der Waals surface area (Å²) in [5.41, 5.74) is 0.799. The van der Waals surface area contributed by atoms with Gasteiger partial charge in [0, 0.05) is 25.5 Å². The fourth-order valence-corrected chi connectivity index (χ4v) is 3.43. The summed E-state index contributed by atoms with van der Waals surface area (Å²) in [6.07, 6.45) is 0.541. The van der Waals surface area contributed by atoms with Crippen LogP contribution in [0.5, 0.6) is 0 Å². The second-order valence-electron chi connectivity index (χ2n) is 6.80. The summed E-state index contributed by atoms with van der Waals surface area (Å²) in [5, 5.41) is 7.84. The lowest BCUT2D eigenvalue weighted by atomic mass is 10.2. The molecule has 3 atom stereocenters. The summed E-state index contributed by atoms with van der Waals surface area (Å²) >= 11 is 0. The Hall–Kier alpha value is -2.87. The second-order valence-corrected chi connectivity index (χ2v) is 6.80. The standard InChI is InChI=1S/C19H22N4O4/c1-11(17-8-13-6-4-5-7-16(13)26-17)20-19(24)23-10-14(25-3)9-15(23)18-21-12(2)22-27-18/h4-8,11,14-15H,9-10H2,1-3H3,(H,20,24)/t11-,14+,15-/m1/s1. The molecule has 8 nitrogen and oxygen atoms in total. The Balaban J connectivity index is 1.51. The van der Waals surface area contributed by atoms with Crippen molar-refractivity contribution in [2.45, 2.75) is 38.5 Å². The highest BCUT2D eigenvalue weighted by Gasteiger charge is 2.40. The molecule has 1 saturated heterocycles. The number of hydrogen-bond donors (Lipinski definition) is 1. The zero-order chi connectivity index (χ0) is 19.0. The minimum atomic E-state index is -0.306. The molecule has 2 amide bonds. The van der Waals surface area contributed by atoms with E-state index in [1.54, 1.807) is 18.9 Å². The second kappa shape index (κ2) is 7.03. The molecule has 27 heavy (non-hydrogen) atoms. The van der Waals surface area contributed by atoms with E-state index in [1.165, 1.54) is 0 Å². The molecule has 142 valence electrons. The number of aromatic nitrogens is 2. The first-order chi connectivity index (χ1) is 13.0. The third-order valence-corrected chi connectivity index (χ3v) is 4.90. The van der Waals surface area contributed by atoms with Gasteiger partial charge in [-0.05, 0) is 26.0 Å². The lowest BCUT2D eigenvalue weighted by Gasteiger charge is -2.24. The molecule has 0 radical (unpaired) electrons. The average molecular weight is 370 g/mol. The van der Waals surface area contributed by atoms with Crippen molar-refractivity contribution >= 4 is 17.0 Å². The van der Waals surface area contributed by atoms with Gasteiger partial charge < -0.3 is 23.9 Å². The van der Waals surface area contributed by atoms with E-state index in [4.69, 9.17) is 13.7 Å². The van der Waals surface area contributed by atoms with Crippen molar-refractivity contribution in [2.24, 2.45) is 0 Å². The number of rotatable bonds is 4. The van der Waals surface area contributed by atoms with Crippen LogP contribution in [-0.4, -0.2) is 40.8 Å². The molecular weight excluding hydrogens is 348 g/mol. The average Bonchev–Trinajstić information content (AvgIpc) is 3.38. The minimum Gasteiger partial charge on any atom is -0.459 e. The van der Waals surface area contributed by atoms with Crippen LogP contribution in [0.4, 0.5) is 4.79 Å². The third-order valence-electron chi connectivity index (χ3n) is 4.90. The van der Waals surface area contributed by atoms with Crippen molar-refractivity contribution in [3.05, 3.63) is 47.8 Å². The number of urea groups is 1. The zero-order valence-corrected chi connectivity index (χ0v) is 15.5. The first-order valence-corrected chi connectivity index (χ1v) is 8.93. The SMILES string of the molecule is CO[C@H]1C[C@H](c2nc(C)no2)N(C(=O)N[C@H](C)c2cc3ccccc3o2)C1. The zero-order valence-electron chi connectivity index (χ0n) is 15.5. The number of amides is 2. The molecule has 3 aromatic rings. The van der Waals surface area contributed by atoms with Crippen LogP contribution in [-0.2, 0) is 4.74 Å². The lowest BCUT2D eigenvalue weighted by molar-refractivity contribution is 0.110. The van der Waals surface area contributed by atoms with Gasteiger partial charge in [-0.25, -0.2) is 4.79 Å². The van der Waals surface area contributed by atoms with Crippen molar-refractivity contribution in [3.8, 4) is 0 Å². The van der Waals surface area contributed by atoms with Crippen LogP contribution in [0.2, 0.25) is 0 Å². The number of likely N-dealkylation sites (tertiary alicyclic amines) is 1. The molecule has 0 unspecified atom stereocenters. The number of carbonyl (C=O) groups is 1. The summed E-state index contributed by atoms with van der Waals surface area (Å²) < 4.78 is 16.6. The summed E-state index contributed by atoms with van der Waals surface area (Å²) in [7, 11) is 1.64. The van der Waals surface area contributed by atoms with Crippen LogP contribution in [0, 0.1) is 6.92 Å². The minimum absolute atomic E-state index is 0.0746. The van der Waals surface area contributed by atoms with E-state index >= 15 is 0 Å². The predicted octanol–water partition coefficient (Wildman–Crippen LogP) is 3.36. The van der Waals surface area contributed by atoms with Crippen LogP contribution in [0.25, 0.3) is 11.0 Å². The van der Waals surface area contributed by atoms with Crippen LogP contribution >= 0.6 is 0 Å². The number of methoxy groups -OCH3 is 1. The predicted molar refractivity (Wildman–Crippen MR) is 97.1 cm³/mol. The van der Waals surface area contributed by atoms with Crippen molar-refractivity contribution in [2.75, 3.05) is 13.7 Å². The number of ether oxygens (including phenoxy) is 1. The number of nitrogens with one attached hydrogen (secondary N) is 1. The van der Waals surface area contributed by atoms with E-state index < -0.39 is 0 Å². The molecule has 0 spiro atoms. The Labute approximate surface area is 156 Å². The maximum absolute atomic E-state index is 12.9. The number of fused-ring (bicyclic) bond motifs is 1. The smallest absolute Gasteiger partial charge is 0.318 e. The summed E-state index contributed by atoms with van der Waals surface area (Å²) in [6.45, 7) is 4.11. The number of nitrogens with zero attached hydrogens (tertiary/aromatic N) is 3. The van der Waals surface area contributed by atoms with Crippen LogP contribution in [0.1, 0.15) is 42.9 Å². The quantitative estimate of drug-likeness (QED) is 0.757. The highest BCUT2D eigenvalue weighted by Crippen LogP contribution is 2.33. The molecule has 0 bridgehead atoms. The fourth-order valence-electron chi connectivity index (χ4n) is 3.43. The number of benzene rings is 1. The van der Waals surface area contributed by atoms with Gasteiger partial charge in [0.25, 0.3) is 0 Å². The van der Waals surface area contributed by atoms with Gasteiger partial charge in [0.1, 0.15) is 17.4 Å². The molecular formula is C19H22N4O4. The molecule has 2 aromatic heterocycles. The van der Waals surface area contributed by atoms with Crippen LogP contribution < -0.4 is 5.32 Å². The van der Waals surface area contributed by atoms with Gasteiger partial charge in [-0.3, -0.25) is 0 Å². The third kappa shape index (κ3) is 3.40. The van der Waals surface area contributed by atoms with E-state index in [2.05, 4.69) is 15.5 Å². The van der Waals surface area contributed by atoms with Crippen molar-refractivity contribution in [1.82, 2.24) is 20.4 Å². The van der Waals surface area contributed by atoms with Crippen molar-refractivity contribution in [3.63, 3.8) is 0 Å². The first-order valence-electron chi connectivity index (χ1n) is 8.93. The molecule has 0 saturated carbocycles. The number of hydrogen-bond acceptors (Lipinski definition) is 6. The van der Waals surface area contributed by atoms with Gasteiger partial charge in [0.15, 0.2) is 5.82 Å². The number of aryl methyl sites for hydroxylation is 1. The molecule has 1 aromatic carbocycles. The van der Waals surface area contributed by atoms with Crippen molar-refractivity contribution in [1.29, 1.82) is 0 Å². The van der Waals surface area contributed by atoms with Gasteiger partial charge in [0.05, 0.1) is 12.1 Å². The van der Waals surface area contributed by atoms with Gasteiger partial charge in [-0.15, -0.1) is 0 Å².